The second-order valence-corrected chi connectivity index (χ2v) is 6.67. The Morgan fingerprint density at radius 3 is 2.48 bits per heavy atom. The van der Waals surface area contributed by atoms with Gasteiger partial charge >= 0.3 is 5.97 Å². The van der Waals surface area contributed by atoms with Gasteiger partial charge in [-0.1, -0.05) is 17.3 Å². The molecule has 1 fully saturated rings. The number of oxime groups is 1. The number of nitrogens with zero attached hydrogens (tertiary/aromatic N) is 2. The van der Waals surface area contributed by atoms with Crippen molar-refractivity contribution in [2.45, 2.75) is 23.0 Å². The molecule has 0 atom stereocenters. The van der Waals surface area contributed by atoms with Crippen molar-refractivity contribution in [1.82, 2.24) is 0 Å². The van der Waals surface area contributed by atoms with E-state index in [1.165, 1.54) is 24.3 Å². The second-order valence-electron chi connectivity index (χ2n) is 4.45. The van der Waals surface area contributed by atoms with Crippen LogP contribution in [0.3, 0.4) is 0 Å². The van der Waals surface area contributed by atoms with E-state index in [1.807, 2.05) is 0 Å². The summed E-state index contributed by atoms with van der Waals surface area (Å²) >= 11 is 0. The molecule has 7 nitrogen and oxygen atoms in total. The van der Waals surface area contributed by atoms with E-state index in [9.17, 15) is 13.2 Å². The molecule has 1 aromatic carbocycles. The van der Waals surface area contributed by atoms with Crippen LogP contribution in [0, 0.1) is 11.3 Å². The van der Waals surface area contributed by atoms with Crippen molar-refractivity contribution in [2.24, 2.45) is 5.16 Å². The Morgan fingerprint density at radius 2 is 2.00 bits per heavy atom. The highest BCUT2D eigenvalue weighted by atomic mass is 32.2. The molecule has 0 unspecified atom stereocenters. The van der Waals surface area contributed by atoms with Crippen LogP contribution in [0.4, 0.5) is 0 Å². The average molecular weight is 308 g/mol. The molecule has 8 heteroatoms. The minimum absolute atomic E-state index is 0.163. The van der Waals surface area contributed by atoms with Crippen molar-refractivity contribution < 1.29 is 23.2 Å². The Labute approximate surface area is 121 Å². The summed E-state index contributed by atoms with van der Waals surface area (Å²) < 4.78 is 24.0. The van der Waals surface area contributed by atoms with Gasteiger partial charge in [-0.25, -0.2) is 13.2 Å². The fourth-order valence-electron chi connectivity index (χ4n) is 1.71. The van der Waals surface area contributed by atoms with E-state index in [2.05, 4.69) is 9.99 Å². The number of benzene rings is 1. The maximum absolute atomic E-state index is 12.0. The Balaban J connectivity index is 2.26. The lowest BCUT2D eigenvalue weighted by Gasteiger charge is -2.05. The third-order valence-electron chi connectivity index (χ3n) is 2.91. The summed E-state index contributed by atoms with van der Waals surface area (Å²) in [5, 5.41) is 20.4. The first kappa shape index (κ1) is 15.0. The lowest BCUT2D eigenvalue weighted by atomic mass is 10.1. The van der Waals surface area contributed by atoms with Gasteiger partial charge in [0.05, 0.1) is 10.1 Å². The highest BCUT2D eigenvalue weighted by Crippen LogP contribution is 2.33. The molecule has 1 N–H and O–H groups in total. The topological polar surface area (TPSA) is 117 Å². The van der Waals surface area contributed by atoms with Crippen molar-refractivity contribution in [2.75, 3.05) is 6.61 Å². The third kappa shape index (κ3) is 3.38. The normalized spacial score (nSPS) is 15.3. The zero-order chi connectivity index (χ0) is 15.5. The Hall–Kier alpha value is -2.40. The molecule has 1 saturated carbocycles. The second kappa shape index (κ2) is 5.93. The summed E-state index contributed by atoms with van der Waals surface area (Å²) in [6.07, 6.45) is 1.32. The van der Waals surface area contributed by atoms with Crippen molar-refractivity contribution in [3.63, 3.8) is 0 Å². The van der Waals surface area contributed by atoms with Crippen molar-refractivity contribution in [1.29, 1.82) is 5.26 Å². The number of sulfone groups is 1. The summed E-state index contributed by atoms with van der Waals surface area (Å²) in [6.45, 7) is -0.370. The van der Waals surface area contributed by atoms with Gasteiger partial charge in [0.25, 0.3) is 0 Å². The molecule has 1 aliphatic carbocycles. The van der Waals surface area contributed by atoms with Crippen LogP contribution in [0.15, 0.2) is 34.3 Å². The van der Waals surface area contributed by atoms with Crippen molar-refractivity contribution in [3.8, 4) is 6.07 Å². The molecule has 110 valence electrons. The maximum Gasteiger partial charge on any atom is 0.358 e. The van der Waals surface area contributed by atoms with E-state index in [0.717, 1.165) is 0 Å². The minimum atomic E-state index is -3.31. The van der Waals surface area contributed by atoms with Gasteiger partial charge in [-0.3, -0.25) is 0 Å². The van der Waals surface area contributed by atoms with Crippen LogP contribution in [0.5, 0.6) is 0 Å². The fourth-order valence-corrected chi connectivity index (χ4v) is 3.37. The molecule has 21 heavy (non-hydrogen) atoms. The maximum atomic E-state index is 12.0. The molecule has 0 aliphatic heterocycles. The largest absolute Gasteiger partial charge is 0.476 e. The minimum Gasteiger partial charge on any atom is -0.476 e. The lowest BCUT2D eigenvalue weighted by molar-refractivity contribution is -0.129. The first-order chi connectivity index (χ1) is 9.96. The van der Waals surface area contributed by atoms with Crippen molar-refractivity contribution >= 4 is 21.5 Å². The monoisotopic (exact) mass is 308 g/mol. The van der Waals surface area contributed by atoms with E-state index < -0.39 is 15.8 Å². The van der Waals surface area contributed by atoms with E-state index in [4.69, 9.17) is 10.4 Å². The van der Waals surface area contributed by atoms with E-state index in [0.29, 0.717) is 12.8 Å². The SMILES string of the molecule is N#CCO/N=C(/C(=O)O)c1ccc(S(=O)(=O)C2CC2)cc1. The first-order valence-corrected chi connectivity index (χ1v) is 7.66. The Morgan fingerprint density at radius 1 is 1.38 bits per heavy atom. The van der Waals surface area contributed by atoms with E-state index >= 15 is 0 Å². The van der Waals surface area contributed by atoms with Gasteiger partial charge in [0.15, 0.2) is 15.5 Å². The van der Waals surface area contributed by atoms with Gasteiger partial charge in [-0.15, -0.1) is 0 Å². The zero-order valence-corrected chi connectivity index (χ0v) is 11.7. The molecule has 0 heterocycles. The van der Waals surface area contributed by atoms with E-state index in [1.54, 1.807) is 6.07 Å². The lowest BCUT2D eigenvalue weighted by Crippen LogP contribution is -2.15. The molecule has 2 rings (SSSR count). The molecular weight excluding hydrogens is 296 g/mol. The molecule has 0 radical (unpaired) electrons. The smallest absolute Gasteiger partial charge is 0.358 e. The molecule has 1 aromatic rings. The van der Waals surface area contributed by atoms with Gasteiger partial charge in [0, 0.05) is 5.56 Å². The number of aliphatic carboxylic acids is 1. The average Bonchev–Trinajstić information content (AvgIpc) is 3.28. The van der Waals surface area contributed by atoms with Crippen LogP contribution in [-0.2, 0) is 19.5 Å². The Bertz CT molecular complexity index is 712. The number of hydrogen-bond acceptors (Lipinski definition) is 6. The van der Waals surface area contributed by atoms with Gasteiger partial charge in [0.1, 0.15) is 6.07 Å². The number of carboxylic acid groups (broad SMARTS) is 1. The summed E-state index contributed by atoms with van der Waals surface area (Å²) in [6, 6.07) is 7.08. The number of hydrogen-bond donors (Lipinski definition) is 1. The highest BCUT2D eigenvalue weighted by molar-refractivity contribution is 7.92. The Kier molecular flexibility index (Phi) is 4.23. The van der Waals surface area contributed by atoms with Gasteiger partial charge in [-0.2, -0.15) is 5.26 Å². The summed E-state index contributed by atoms with van der Waals surface area (Å²) in [5.41, 5.74) is -0.184. The van der Waals surface area contributed by atoms with Crippen LogP contribution in [0.1, 0.15) is 18.4 Å². The van der Waals surface area contributed by atoms with Crippen molar-refractivity contribution in [3.05, 3.63) is 29.8 Å². The van der Waals surface area contributed by atoms with Crippen LogP contribution in [-0.4, -0.2) is 37.1 Å². The molecule has 0 saturated heterocycles. The predicted molar refractivity (Wildman–Crippen MR) is 72.4 cm³/mol. The van der Waals surface area contributed by atoms with Gasteiger partial charge in [0.2, 0.25) is 6.61 Å². The summed E-state index contributed by atoms with van der Waals surface area (Å²) in [7, 11) is -3.31. The standard InChI is InChI=1S/C13H12N2O5S/c14-7-8-20-15-12(13(16)17)9-1-3-10(4-2-9)21(18,19)11-5-6-11/h1-4,11H,5-6,8H2,(H,16,17)/b15-12+. The fraction of sp³-hybridized carbons (Fsp3) is 0.308. The molecule has 0 spiro atoms. The molecule has 0 aromatic heterocycles. The molecule has 0 bridgehead atoms. The predicted octanol–water partition coefficient (Wildman–Crippen LogP) is 0.952. The molecule has 0 amide bonds. The van der Waals surface area contributed by atoms with Crippen LogP contribution in [0.2, 0.25) is 0 Å². The number of carbonyl (C=O) groups is 1. The first-order valence-electron chi connectivity index (χ1n) is 6.11. The number of carboxylic acids is 1. The summed E-state index contributed by atoms with van der Waals surface area (Å²) in [4.78, 5) is 15.8. The third-order valence-corrected chi connectivity index (χ3v) is 5.19. The zero-order valence-electron chi connectivity index (χ0n) is 10.9. The van der Waals surface area contributed by atoms with E-state index in [-0.39, 0.29) is 28.0 Å². The van der Waals surface area contributed by atoms with Crippen LogP contribution in [0.25, 0.3) is 0 Å². The van der Waals surface area contributed by atoms with Gasteiger partial charge in [-0.05, 0) is 25.0 Å². The highest BCUT2D eigenvalue weighted by Gasteiger charge is 2.36. The molecule has 1 aliphatic rings. The summed E-state index contributed by atoms with van der Waals surface area (Å²) in [5.74, 6) is -1.33. The number of nitriles is 1. The molecular formula is C13H12N2O5S. The van der Waals surface area contributed by atoms with Crippen LogP contribution >= 0.6 is 0 Å². The number of rotatable bonds is 6. The van der Waals surface area contributed by atoms with Gasteiger partial charge < -0.3 is 9.94 Å². The van der Waals surface area contributed by atoms with Crippen LogP contribution < -0.4 is 0 Å². The quantitative estimate of drug-likeness (QED) is 0.475.